The van der Waals surface area contributed by atoms with Crippen LogP contribution < -0.4 is 14.5 Å². The molecule has 10 nitrogen and oxygen atoms in total. The van der Waals surface area contributed by atoms with Crippen LogP contribution in [0.15, 0.2) is 72.8 Å². The number of fused-ring (bicyclic) bond motifs is 2. The maximum atomic E-state index is 14.9. The topological polar surface area (TPSA) is 120 Å². The Kier molecular flexibility index (Phi) is 9.99. The van der Waals surface area contributed by atoms with Crippen LogP contribution >= 0.6 is 0 Å². The fourth-order valence-electron chi connectivity index (χ4n) is 8.14. The molecule has 0 unspecified atom stereocenters. The zero-order chi connectivity index (χ0) is 34.9. The van der Waals surface area contributed by atoms with Crippen molar-refractivity contribution < 1.29 is 33.8 Å². The summed E-state index contributed by atoms with van der Waals surface area (Å²) in [6.07, 6.45) is 1.60. The number of nitrogens with zero attached hydrogens (tertiary/aromatic N) is 3. The number of rotatable bonds is 11. The van der Waals surface area contributed by atoms with Crippen LogP contribution in [0.4, 0.5) is 11.4 Å². The van der Waals surface area contributed by atoms with Crippen LogP contribution in [0.25, 0.3) is 0 Å². The average molecular weight is 686 g/mol. The predicted octanol–water partition coefficient (Wildman–Crippen LogP) is 4.97. The van der Waals surface area contributed by atoms with E-state index in [1.165, 1.54) is 0 Å². The molecule has 3 aliphatic rings. The van der Waals surface area contributed by atoms with E-state index in [1.807, 2.05) is 97.7 Å². The van der Waals surface area contributed by atoms with Gasteiger partial charge in [0.15, 0.2) is 13.9 Å². The van der Waals surface area contributed by atoms with E-state index in [0.717, 1.165) is 29.7 Å². The SMILES string of the molecule is COc1ccc2c(c1)[C@]1(O[C@@H](CC(=O)N(CCO)Cc3ccccc3)[C@H]([Si](C)(C)O)[C@H]1C)C(=O)N2Cc1cccc(N2CCCCC2=O)c1. The van der Waals surface area contributed by atoms with Gasteiger partial charge < -0.3 is 34.1 Å². The van der Waals surface area contributed by atoms with Gasteiger partial charge in [0.2, 0.25) is 11.8 Å². The maximum absolute atomic E-state index is 14.9. The van der Waals surface area contributed by atoms with E-state index in [0.29, 0.717) is 36.5 Å². The molecule has 11 heteroatoms. The minimum atomic E-state index is -3.02. The number of benzene rings is 3. The Bertz CT molecular complexity index is 1700. The molecule has 2 saturated heterocycles. The highest BCUT2D eigenvalue weighted by Gasteiger charge is 2.66. The molecule has 3 aromatic carbocycles. The van der Waals surface area contributed by atoms with Crippen LogP contribution in [0.5, 0.6) is 5.75 Å². The van der Waals surface area contributed by atoms with Crippen molar-refractivity contribution in [2.45, 2.75) is 76.0 Å². The standard InChI is InChI=1S/C38H47N3O7Si/c1-26-36(49(3,4)46)33(23-35(44)39(19-20-42)24-27-11-6-5-7-12-27)48-38(26)31-22-30(47-2)16-17-32(31)41(37(38)45)25-28-13-10-14-29(21-28)40-18-9-8-15-34(40)43/h5-7,10-14,16-17,21-22,26,33,36,42,46H,8-9,15,18-20,23-25H2,1-4H3/t26-,33+,36-,38+/m1/s1. The summed E-state index contributed by atoms with van der Waals surface area (Å²) in [4.78, 5) is 58.4. The Hall–Kier alpha value is -4.03. The first-order valence-electron chi connectivity index (χ1n) is 17.2. The smallest absolute Gasteiger partial charge is 0.264 e. The molecule has 0 saturated carbocycles. The van der Waals surface area contributed by atoms with Crippen molar-refractivity contribution in [3.8, 4) is 5.75 Å². The van der Waals surface area contributed by atoms with Crippen LogP contribution in [0, 0.1) is 5.92 Å². The molecule has 1 spiro atoms. The van der Waals surface area contributed by atoms with Crippen LogP contribution in [0.1, 0.15) is 49.3 Å². The summed E-state index contributed by atoms with van der Waals surface area (Å²) in [5, 5.41) is 9.82. The number of amides is 3. The van der Waals surface area contributed by atoms with Gasteiger partial charge in [-0.25, -0.2) is 0 Å². The molecule has 4 atom stereocenters. The zero-order valence-corrected chi connectivity index (χ0v) is 29.8. The van der Waals surface area contributed by atoms with Gasteiger partial charge in [0.05, 0.1) is 38.5 Å². The second-order valence-corrected chi connectivity index (χ2v) is 18.0. The Morgan fingerprint density at radius 2 is 1.80 bits per heavy atom. The Morgan fingerprint density at radius 1 is 1.04 bits per heavy atom. The van der Waals surface area contributed by atoms with Gasteiger partial charge in [-0.05, 0) is 67.4 Å². The number of carbonyl (C=O) groups is 3. The molecule has 3 heterocycles. The van der Waals surface area contributed by atoms with Crippen LogP contribution in [0.2, 0.25) is 18.6 Å². The van der Waals surface area contributed by atoms with E-state index in [-0.39, 0.29) is 43.8 Å². The molecule has 3 aliphatic heterocycles. The predicted molar refractivity (Wildman–Crippen MR) is 190 cm³/mol. The lowest BCUT2D eigenvalue weighted by molar-refractivity contribution is -0.150. The van der Waals surface area contributed by atoms with E-state index in [2.05, 4.69) is 0 Å². The molecule has 49 heavy (non-hydrogen) atoms. The molecule has 6 rings (SSSR count). The fourth-order valence-corrected chi connectivity index (χ4v) is 10.7. The summed E-state index contributed by atoms with van der Waals surface area (Å²) in [5.41, 5.74) is 2.07. The third-order valence-corrected chi connectivity index (χ3v) is 12.9. The minimum Gasteiger partial charge on any atom is -0.497 e. The van der Waals surface area contributed by atoms with Gasteiger partial charge >= 0.3 is 0 Å². The van der Waals surface area contributed by atoms with E-state index < -0.39 is 31.5 Å². The van der Waals surface area contributed by atoms with E-state index >= 15 is 0 Å². The molecule has 2 N–H and O–H groups in total. The van der Waals surface area contributed by atoms with E-state index in [9.17, 15) is 24.3 Å². The van der Waals surface area contributed by atoms with Crippen molar-refractivity contribution >= 4 is 37.4 Å². The van der Waals surface area contributed by atoms with Gasteiger partial charge in [-0.15, -0.1) is 0 Å². The molecular weight excluding hydrogens is 639 g/mol. The highest BCUT2D eigenvalue weighted by molar-refractivity contribution is 6.71. The Labute approximate surface area is 289 Å². The van der Waals surface area contributed by atoms with Crippen molar-refractivity contribution in [3.63, 3.8) is 0 Å². The third kappa shape index (κ3) is 6.64. The molecule has 0 aliphatic carbocycles. The number of aliphatic hydroxyl groups excluding tert-OH is 1. The van der Waals surface area contributed by atoms with Crippen molar-refractivity contribution in [1.82, 2.24) is 4.90 Å². The molecule has 0 radical (unpaired) electrons. The van der Waals surface area contributed by atoms with Crippen LogP contribution in [-0.2, 0) is 37.8 Å². The van der Waals surface area contributed by atoms with Gasteiger partial charge in [-0.1, -0.05) is 49.4 Å². The normalized spacial score (nSPS) is 23.7. The first kappa shape index (κ1) is 34.8. The molecule has 3 amide bonds. The second kappa shape index (κ2) is 14.1. The lowest BCUT2D eigenvalue weighted by atomic mass is 9.82. The van der Waals surface area contributed by atoms with Crippen molar-refractivity contribution in [2.24, 2.45) is 5.92 Å². The van der Waals surface area contributed by atoms with Gasteiger partial charge in [-0.3, -0.25) is 14.4 Å². The summed E-state index contributed by atoms with van der Waals surface area (Å²) < 4.78 is 12.5. The minimum absolute atomic E-state index is 0.0426. The average Bonchev–Trinajstić information content (AvgIpc) is 3.51. The number of methoxy groups -OCH3 is 1. The Balaban J connectivity index is 1.34. The number of anilines is 2. The third-order valence-electron chi connectivity index (χ3n) is 10.4. The molecule has 3 aromatic rings. The summed E-state index contributed by atoms with van der Waals surface area (Å²) in [5.74, 6) is -0.250. The number of carbonyl (C=O) groups excluding carboxylic acids is 3. The molecular formula is C38H47N3O7Si. The monoisotopic (exact) mass is 685 g/mol. The van der Waals surface area contributed by atoms with Crippen molar-refractivity contribution in [1.29, 1.82) is 0 Å². The summed E-state index contributed by atoms with van der Waals surface area (Å²) >= 11 is 0. The molecule has 0 bridgehead atoms. The summed E-state index contributed by atoms with van der Waals surface area (Å²) in [7, 11) is -1.45. The first-order valence-corrected chi connectivity index (χ1v) is 20.2. The summed E-state index contributed by atoms with van der Waals surface area (Å²) in [6, 6.07) is 22.9. The quantitative estimate of drug-likeness (QED) is 0.274. The van der Waals surface area contributed by atoms with Gasteiger partial charge in [0, 0.05) is 48.8 Å². The molecule has 260 valence electrons. The highest BCUT2D eigenvalue weighted by Crippen LogP contribution is 2.60. The van der Waals surface area contributed by atoms with Crippen molar-refractivity contribution in [2.75, 3.05) is 36.6 Å². The lowest BCUT2D eigenvalue weighted by Crippen LogP contribution is -2.46. The number of piperidine rings is 1. The van der Waals surface area contributed by atoms with E-state index in [4.69, 9.17) is 9.47 Å². The number of hydrogen-bond donors (Lipinski definition) is 2. The molecule has 0 aromatic heterocycles. The largest absolute Gasteiger partial charge is 0.497 e. The Morgan fingerprint density at radius 3 is 2.49 bits per heavy atom. The van der Waals surface area contributed by atoms with Crippen LogP contribution in [-0.4, -0.2) is 73.8 Å². The number of aliphatic hydroxyl groups is 1. The summed E-state index contributed by atoms with van der Waals surface area (Å²) in [6.45, 7) is 6.83. The number of ether oxygens (including phenoxy) is 2. The lowest BCUT2D eigenvalue weighted by Gasteiger charge is -2.32. The second-order valence-electron chi connectivity index (χ2n) is 14.0. The van der Waals surface area contributed by atoms with Gasteiger partial charge in [0.25, 0.3) is 5.91 Å². The van der Waals surface area contributed by atoms with Crippen molar-refractivity contribution in [3.05, 3.63) is 89.5 Å². The number of hydrogen-bond acceptors (Lipinski definition) is 7. The van der Waals surface area contributed by atoms with Gasteiger partial charge in [0.1, 0.15) is 5.75 Å². The first-order chi connectivity index (χ1) is 23.5. The zero-order valence-electron chi connectivity index (χ0n) is 28.8. The van der Waals surface area contributed by atoms with E-state index in [1.54, 1.807) is 16.9 Å². The van der Waals surface area contributed by atoms with Gasteiger partial charge in [-0.2, -0.15) is 0 Å². The van der Waals surface area contributed by atoms with Crippen LogP contribution in [0.3, 0.4) is 0 Å². The molecule has 2 fully saturated rings. The fraction of sp³-hybridized carbons (Fsp3) is 0.447. The highest BCUT2D eigenvalue weighted by atomic mass is 28.4. The maximum Gasteiger partial charge on any atom is 0.264 e.